The molecule has 0 amide bonds. The van der Waals surface area contributed by atoms with Crippen molar-refractivity contribution in [1.82, 2.24) is 9.88 Å². The Bertz CT molecular complexity index is 940. The third-order valence-corrected chi connectivity index (χ3v) is 5.64. The lowest BCUT2D eigenvalue weighted by molar-refractivity contribution is 0.282. The minimum atomic E-state index is 0.566. The predicted octanol–water partition coefficient (Wildman–Crippen LogP) is 5.83. The van der Waals surface area contributed by atoms with Crippen molar-refractivity contribution in [3.05, 3.63) is 41.4 Å². The first-order chi connectivity index (χ1) is 13.5. The Labute approximate surface area is 172 Å². The molecule has 0 aliphatic rings. The number of benzene rings is 2. The number of nitrogens with zero attached hydrogens (tertiary/aromatic N) is 2. The first-order valence-corrected chi connectivity index (χ1v) is 10.5. The highest BCUT2D eigenvalue weighted by atomic mass is 35.5. The summed E-state index contributed by atoms with van der Waals surface area (Å²) in [7, 11) is 1.69. The van der Waals surface area contributed by atoms with Gasteiger partial charge in [-0.3, -0.25) is 0 Å². The molecule has 0 aliphatic heterocycles. The van der Waals surface area contributed by atoms with E-state index in [0.717, 1.165) is 59.4 Å². The van der Waals surface area contributed by atoms with Gasteiger partial charge in [0.2, 0.25) is 0 Å². The van der Waals surface area contributed by atoms with E-state index in [1.54, 1.807) is 7.11 Å². The van der Waals surface area contributed by atoms with Crippen molar-refractivity contribution in [3.8, 4) is 5.75 Å². The van der Waals surface area contributed by atoms with Crippen LogP contribution in [0.1, 0.15) is 27.2 Å². The molecule has 3 aromatic rings. The number of methoxy groups -OCH3 is 1. The number of nitrogens with one attached hydrogen (secondary N) is 1. The van der Waals surface area contributed by atoms with Crippen LogP contribution < -0.4 is 10.1 Å². The van der Waals surface area contributed by atoms with Crippen LogP contribution >= 0.6 is 11.6 Å². The van der Waals surface area contributed by atoms with E-state index in [2.05, 4.69) is 37.1 Å². The minimum absolute atomic E-state index is 0.566. The van der Waals surface area contributed by atoms with E-state index in [0.29, 0.717) is 10.9 Å². The molecule has 0 fully saturated rings. The standard InChI is InChI=1S/C23H30ClN3O/c1-5-27(6-2)12-11-16(3)15-25-23-19-9-7-17(24)13-22(19)26-21-10-8-18(28-4)14-20(21)23/h7-10,13-14,16H,5-6,11-12,15H2,1-4H3,(H,25,26). The van der Waals surface area contributed by atoms with E-state index in [1.165, 1.54) is 6.42 Å². The SMILES string of the molecule is CCN(CC)CCC(C)CNc1c2ccc(Cl)cc2nc2ccc(OC)cc12. The topological polar surface area (TPSA) is 37.4 Å². The molecular formula is C23H30ClN3O. The van der Waals surface area contributed by atoms with Gasteiger partial charge in [0.15, 0.2) is 0 Å². The Morgan fingerprint density at radius 3 is 2.57 bits per heavy atom. The van der Waals surface area contributed by atoms with Crippen LogP contribution in [0.4, 0.5) is 5.69 Å². The van der Waals surface area contributed by atoms with Crippen molar-refractivity contribution in [2.45, 2.75) is 27.2 Å². The average molecular weight is 400 g/mol. The second kappa shape index (κ2) is 9.44. The van der Waals surface area contributed by atoms with Gasteiger partial charge in [-0.2, -0.15) is 0 Å². The van der Waals surface area contributed by atoms with E-state index in [9.17, 15) is 0 Å². The zero-order valence-electron chi connectivity index (χ0n) is 17.3. The molecular weight excluding hydrogens is 370 g/mol. The molecule has 0 saturated carbocycles. The van der Waals surface area contributed by atoms with Crippen molar-refractivity contribution in [1.29, 1.82) is 0 Å². The van der Waals surface area contributed by atoms with Crippen molar-refractivity contribution in [3.63, 3.8) is 0 Å². The zero-order valence-corrected chi connectivity index (χ0v) is 18.0. The van der Waals surface area contributed by atoms with E-state index in [1.807, 2.05) is 30.3 Å². The van der Waals surface area contributed by atoms with E-state index in [-0.39, 0.29) is 0 Å². The number of rotatable bonds is 9. The van der Waals surface area contributed by atoms with Gasteiger partial charge in [-0.05, 0) is 68.4 Å². The lowest BCUT2D eigenvalue weighted by Gasteiger charge is -2.22. The summed E-state index contributed by atoms with van der Waals surface area (Å²) in [4.78, 5) is 7.27. The van der Waals surface area contributed by atoms with Crippen molar-refractivity contribution in [2.75, 3.05) is 38.6 Å². The Morgan fingerprint density at radius 2 is 1.86 bits per heavy atom. The molecule has 0 bridgehead atoms. The third kappa shape index (κ3) is 4.68. The number of ether oxygens (including phenoxy) is 1. The molecule has 150 valence electrons. The summed E-state index contributed by atoms with van der Waals surface area (Å²) in [5.41, 5.74) is 2.95. The van der Waals surface area contributed by atoms with Crippen LogP contribution in [0.5, 0.6) is 5.75 Å². The summed E-state index contributed by atoms with van der Waals surface area (Å²) in [6, 6.07) is 11.9. The van der Waals surface area contributed by atoms with Crippen LogP contribution in [0.25, 0.3) is 21.8 Å². The van der Waals surface area contributed by atoms with Crippen LogP contribution in [-0.4, -0.2) is 43.2 Å². The van der Waals surface area contributed by atoms with Gasteiger partial charge >= 0.3 is 0 Å². The fourth-order valence-electron chi connectivity index (χ4n) is 3.54. The molecule has 4 nitrogen and oxygen atoms in total. The highest BCUT2D eigenvalue weighted by Gasteiger charge is 2.12. The van der Waals surface area contributed by atoms with Gasteiger partial charge in [-0.25, -0.2) is 4.98 Å². The van der Waals surface area contributed by atoms with Crippen LogP contribution in [0.15, 0.2) is 36.4 Å². The molecule has 2 aromatic carbocycles. The van der Waals surface area contributed by atoms with Crippen LogP contribution in [-0.2, 0) is 0 Å². The smallest absolute Gasteiger partial charge is 0.119 e. The molecule has 0 radical (unpaired) electrons. The maximum atomic E-state index is 6.21. The largest absolute Gasteiger partial charge is 0.497 e. The zero-order chi connectivity index (χ0) is 20.1. The average Bonchev–Trinajstić information content (AvgIpc) is 2.71. The molecule has 1 N–H and O–H groups in total. The fraction of sp³-hybridized carbons (Fsp3) is 0.435. The second-order valence-corrected chi connectivity index (χ2v) is 7.77. The van der Waals surface area contributed by atoms with E-state index < -0.39 is 0 Å². The molecule has 0 aliphatic carbocycles. The number of hydrogen-bond acceptors (Lipinski definition) is 4. The molecule has 1 aromatic heterocycles. The Kier molecular flexibility index (Phi) is 6.97. The fourth-order valence-corrected chi connectivity index (χ4v) is 3.70. The number of hydrogen-bond donors (Lipinski definition) is 1. The highest BCUT2D eigenvalue weighted by molar-refractivity contribution is 6.31. The molecule has 3 rings (SSSR count). The molecule has 1 heterocycles. The van der Waals surface area contributed by atoms with E-state index in [4.69, 9.17) is 21.3 Å². The van der Waals surface area contributed by atoms with Gasteiger partial charge in [-0.15, -0.1) is 0 Å². The Morgan fingerprint density at radius 1 is 1.07 bits per heavy atom. The highest BCUT2D eigenvalue weighted by Crippen LogP contribution is 2.34. The molecule has 1 atom stereocenters. The second-order valence-electron chi connectivity index (χ2n) is 7.33. The van der Waals surface area contributed by atoms with Gasteiger partial charge in [-0.1, -0.05) is 32.4 Å². The van der Waals surface area contributed by atoms with Gasteiger partial charge in [0, 0.05) is 22.3 Å². The summed E-state index contributed by atoms with van der Waals surface area (Å²) in [6.45, 7) is 11.0. The Balaban J connectivity index is 1.90. The van der Waals surface area contributed by atoms with Crippen molar-refractivity contribution < 1.29 is 4.74 Å². The van der Waals surface area contributed by atoms with Gasteiger partial charge < -0.3 is 15.0 Å². The van der Waals surface area contributed by atoms with Gasteiger partial charge in [0.1, 0.15) is 5.75 Å². The first kappa shape index (κ1) is 20.7. The lowest BCUT2D eigenvalue weighted by atomic mass is 10.0. The number of halogens is 1. The summed E-state index contributed by atoms with van der Waals surface area (Å²) in [6.07, 6.45) is 1.17. The number of pyridine rings is 1. The molecule has 0 saturated heterocycles. The quantitative estimate of drug-likeness (QED) is 0.459. The van der Waals surface area contributed by atoms with Crippen LogP contribution in [0, 0.1) is 5.92 Å². The molecule has 0 spiro atoms. The molecule has 28 heavy (non-hydrogen) atoms. The maximum absolute atomic E-state index is 6.21. The first-order valence-electron chi connectivity index (χ1n) is 10.1. The minimum Gasteiger partial charge on any atom is -0.497 e. The van der Waals surface area contributed by atoms with Gasteiger partial charge in [0.25, 0.3) is 0 Å². The normalized spacial score (nSPS) is 12.6. The third-order valence-electron chi connectivity index (χ3n) is 5.40. The molecule has 1 unspecified atom stereocenters. The summed E-state index contributed by atoms with van der Waals surface area (Å²) < 4.78 is 5.44. The maximum Gasteiger partial charge on any atom is 0.119 e. The van der Waals surface area contributed by atoms with Crippen molar-refractivity contribution in [2.24, 2.45) is 5.92 Å². The molecule has 5 heteroatoms. The van der Waals surface area contributed by atoms with Crippen LogP contribution in [0.3, 0.4) is 0 Å². The monoisotopic (exact) mass is 399 g/mol. The summed E-state index contributed by atoms with van der Waals surface area (Å²) in [5.74, 6) is 1.40. The van der Waals surface area contributed by atoms with E-state index >= 15 is 0 Å². The van der Waals surface area contributed by atoms with Gasteiger partial charge in [0.05, 0.1) is 23.8 Å². The number of aromatic nitrogens is 1. The Hall–Kier alpha value is -2.04. The summed E-state index contributed by atoms with van der Waals surface area (Å²) in [5, 5.41) is 6.56. The lowest BCUT2D eigenvalue weighted by Crippen LogP contribution is -2.26. The number of fused-ring (bicyclic) bond motifs is 2. The predicted molar refractivity (Wildman–Crippen MR) is 121 cm³/mol. The number of anilines is 1. The van der Waals surface area contributed by atoms with Crippen LogP contribution in [0.2, 0.25) is 5.02 Å². The summed E-state index contributed by atoms with van der Waals surface area (Å²) >= 11 is 6.21. The van der Waals surface area contributed by atoms with Crippen molar-refractivity contribution >= 4 is 39.1 Å².